The zero-order valence-corrected chi connectivity index (χ0v) is 11.5. The number of aromatic hydroxyl groups is 1. The number of hydrogen-bond donors (Lipinski definition) is 1. The number of likely N-dealkylation sites (N-methyl/N-ethyl adjacent to an activating group) is 1. The first-order valence-electron chi connectivity index (χ1n) is 6.84. The van der Waals surface area contributed by atoms with Gasteiger partial charge in [-0.2, -0.15) is 0 Å². The lowest BCUT2D eigenvalue weighted by molar-refractivity contribution is 0.153. The molecule has 0 saturated carbocycles. The van der Waals surface area contributed by atoms with Crippen molar-refractivity contribution in [2.24, 2.45) is 0 Å². The molecule has 0 amide bonds. The zero-order valence-electron chi connectivity index (χ0n) is 11.5. The van der Waals surface area contributed by atoms with Gasteiger partial charge in [-0.3, -0.25) is 0 Å². The molecule has 3 nitrogen and oxygen atoms in total. The van der Waals surface area contributed by atoms with Crippen LogP contribution in [-0.4, -0.2) is 54.7 Å². The van der Waals surface area contributed by atoms with E-state index in [1.807, 2.05) is 13.0 Å². The van der Waals surface area contributed by atoms with E-state index in [2.05, 4.69) is 29.0 Å². The molecule has 1 aliphatic heterocycles. The monoisotopic (exact) mass is 248 g/mol. The highest BCUT2D eigenvalue weighted by molar-refractivity contribution is 5.35. The number of phenols is 1. The third-order valence-electron chi connectivity index (χ3n) is 3.76. The minimum absolute atomic E-state index is 0.452. The largest absolute Gasteiger partial charge is 0.508 e. The molecule has 0 radical (unpaired) electrons. The molecule has 1 aromatic carbocycles. The van der Waals surface area contributed by atoms with Crippen molar-refractivity contribution >= 4 is 0 Å². The molecule has 1 heterocycles. The number of nitrogens with zero attached hydrogens (tertiary/aromatic N) is 2. The Bertz CT molecular complexity index is 384. The van der Waals surface area contributed by atoms with Crippen LogP contribution in [-0.2, 0) is 6.42 Å². The van der Waals surface area contributed by atoms with Crippen molar-refractivity contribution < 1.29 is 5.11 Å². The molecular formula is C15H24N2O. The van der Waals surface area contributed by atoms with E-state index in [1.165, 1.54) is 26.2 Å². The Morgan fingerprint density at radius 1 is 1.17 bits per heavy atom. The van der Waals surface area contributed by atoms with Crippen molar-refractivity contribution in [1.29, 1.82) is 0 Å². The Morgan fingerprint density at radius 2 is 1.89 bits per heavy atom. The fraction of sp³-hybridized carbons (Fsp3) is 0.600. The Kier molecular flexibility index (Phi) is 4.61. The van der Waals surface area contributed by atoms with Crippen LogP contribution >= 0.6 is 0 Å². The van der Waals surface area contributed by atoms with Gasteiger partial charge in [0, 0.05) is 26.2 Å². The molecule has 2 rings (SSSR count). The average molecular weight is 248 g/mol. The summed E-state index contributed by atoms with van der Waals surface area (Å²) in [6.45, 7) is 7.85. The first kappa shape index (κ1) is 13.4. The topological polar surface area (TPSA) is 26.7 Å². The van der Waals surface area contributed by atoms with E-state index in [9.17, 15) is 5.11 Å². The summed E-state index contributed by atoms with van der Waals surface area (Å²) in [4.78, 5) is 4.90. The van der Waals surface area contributed by atoms with Crippen LogP contribution in [0.2, 0.25) is 0 Å². The summed E-state index contributed by atoms with van der Waals surface area (Å²) in [5.41, 5.74) is 2.20. The smallest absolute Gasteiger partial charge is 0.119 e. The molecule has 0 aliphatic carbocycles. The molecule has 0 spiro atoms. The van der Waals surface area contributed by atoms with Gasteiger partial charge in [-0.05, 0) is 50.6 Å². The Morgan fingerprint density at radius 3 is 2.56 bits per heavy atom. The quantitative estimate of drug-likeness (QED) is 0.881. The van der Waals surface area contributed by atoms with Gasteiger partial charge in [0.2, 0.25) is 0 Å². The Labute approximate surface area is 110 Å². The molecule has 18 heavy (non-hydrogen) atoms. The van der Waals surface area contributed by atoms with E-state index >= 15 is 0 Å². The number of benzene rings is 1. The van der Waals surface area contributed by atoms with Gasteiger partial charge >= 0.3 is 0 Å². The third kappa shape index (κ3) is 3.72. The van der Waals surface area contributed by atoms with Gasteiger partial charge in [0.05, 0.1) is 0 Å². The maximum Gasteiger partial charge on any atom is 0.119 e. The summed E-state index contributed by atoms with van der Waals surface area (Å²) < 4.78 is 0. The number of rotatable bonds is 4. The Hall–Kier alpha value is -1.06. The standard InChI is InChI=1S/C15H24N2O/c1-13-5-6-14(15(18)12-13)4-3-7-17-10-8-16(2)9-11-17/h5-6,12,18H,3-4,7-11H2,1-2H3. The summed E-state index contributed by atoms with van der Waals surface area (Å²) >= 11 is 0. The predicted molar refractivity (Wildman–Crippen MR) is 75.1 cm³/mol. The van der Waals surface area contributed by atoms with Gasteiger partial charge in [-0.1, -0.05) is 12.1 Å². The minimum Gasteiger partial charge on any atom is -0.508 e. The molecule has 1 saturated heterocycles. The average Bonchev–Trinajstić information content (AvgIpc) is 2.34. The van der Waals surface area contributed by atoms with Gasteiger partial charge in [-0.15, -0.1) is 0 Å². The van der Waals surface area contributed by atoms with Crippen molar-refractivity contribution in [2.75, 3.05) is 39.8 Å². The van der Waals surface area contributed by atoms with Crippen LogP contribution in [0.1, 0.15) is 17.5 Å². The van der Waals surface area contributed by atoms with Crippen LogP contribution in [0.5, 0.6) is 5.75 Å². The molecule has 1 aliphatic rings. The summed E-state index contributed by atoms with van der Waals surface area (Å²) in [7, 11) is 2.18. The second-order valence-corrected chi connectivity index (χ2v) is 5.38. The van der Waals surface area contributed by atoms with Gasteiger partial charge in [0.1, 0.15) is 5.75 Å². The fourth-order valence-corrected chi connectivity index (χ4v) is 2.45. The molecule has 0 bridgehead atoms. The van der Waals surface area contributed by atoms with E-state index in [-0.39, 0.29) is 0 Å². The first-order valence-corrected chi connectivity index (χ1v) is 6.84. The second kappa shape index (κ2) is 6.21. The molecular weight excluding hydrogens is 224 g/mol. The SMILES string of the molecule is Cc1ccc(CCCN2CCN(C)CC2)c(O)c1. The Balaban J connectivity index is 1.75. The van der Waals surface area contributed by atoms with Gasteiger partial charge in [-0.25, -0.2) is 0 Å². The molecule has 0 aromatic heterocycles. The molecule has 1 aromatic rings. The van der Waals surface area contributed by atoms with Gasteiger partial charge in [0.15, 0.2) is 0 Å². The van der Waals surface area contributed by atoms with Crippen LogP contribution in [0.3, 0.4) is 0 Å². The van der Waals surface area contributed by atoms with E-state index in [0.717, 1.165) is 30.5 Å². The van der Waals surface area contributed by atoms with E-state index < -0.39 is 0 Å². The van der Waals surface area contributed by atoms with Crippen molar-refractivity contribution in [2.45, 2.75) is 19.8 Å². The minimum atomic E-state index is 0.452. The van der Waals surface area contributed by atoms with Crippen molar-refractivity contribution in [3.05, 3.63) is 29.3 Å². The highest BCUT2D eigenvalue weighted by Gasteiger charge is 2.13. The highest BCUT2D eigenvalue weighted by atomic mass is 16.3. The highest BCUT2D eigenvalue weighted by Crippen LogP contribution is 2.20. The van der Waals surface area contributed by atoms with E-state index in [0.29, 0.717) is 5.75 Å². The summed E-state index contributed by atoms with van der Waals surface area (Å²) in [5, 5.41) is 9.84. The van der Waals surface area contributed by atoms with Crippen LogP contribution < -0.4 is 0 Å². The van der Waals surface area contributed by atoms with Gasteiger partial charge < -0.3 is 14.9 Å². The number of hydrogen-bond acceptors (Lipinski definition) is 3. The maximum atomic E-state index is 9.84. The van der Waals surface area contributed by atoms with Crippen molar-refractivity contribution in [3.63, 3.8) is 0 Å². The van der Waals surface area contributed by atoms with Crippen LogP contribution in [0.25, 0.3) is 0 Å². The number of aryl methyl sites for hydroxylation is 2. The predicted octanol–water partition coefficient (Wildman–Crippen LogP) is 1.88. The van der Waals surface area contributed by atoms with Gasteiger partial charge in [0.25, 0.3) is 0 Å². The molecule has 3 heteroatoms. The zero-order chi connectivity index (χ0) is 13.0. The lowest BCUT2D eigenvalue weighted by Gasteiger charge is -2.32. The summed E-state index contributed by atoms with van der Waals surface area (Å²) in [6, 6.07) is 5.98. The molecule has 1 fully saturated rings. The fourth-order valence-electron chi connectivity index (χ4n) is 2.45. The first-order chi connectivity index (χ1) is 8.65. The number of phenolic OH excluding ortho intramolecular Hbond substituents is 1. The normalized spacial score (nSPS) is 18.1. The summed E-state index contributed by atoms with van der Waals surface area (Å²) in [5.74, 6) is 0.452. The van der Waals surface area contributed by atoms with E-state index in [1.54, 1.807) is 0 Å². The van der Waals surface area contributed by atoms with Crippen LogP contribution in [0, 0.1) is 6.92 Å². The lowest BCUT2D eigenvalue weighted by atomic mass is 10.1. The molecule has 100 valence electrons. The van der Waals surface area contributed by atoms with Crippen LogP contribution in [0.4, 0.5) is 0 Å². The van der Waals surface area contributed by atoms with Crippen LogP contribution in [0.15, 0.2) is 18.2 Å². The number of piperazine rings is 1. The maximum absolute atomic E-state index is 9.84. The third-order valence-corrected chi connectivity index (χ3v) is 3.76. The summed E-state index contributed by atoms with van der Waals surface area (Å²) in [6.07, 6.45) is 2.10. The van der Waals surface area contributed by atoms with Crippen molar-refractivity contribution in [3.8, 4) is 5.75 Å². The van der Waals surface area contributed by atoms with E-state index in [4.69, 9.17) is 0 Å². The van der Waals surface area contributed by atoms with Crippen molar-refractivity contribution in [1.82, 2.24) is 9.80 Å². The molecule has 0 atom stereocenters. The molecule has 0 unspecified atom stereocenters. The second-order valence-electron chi connectivity index (χ2n) is 5.38. The molecule has 1 N–H and O–H groups in total. The lowest BCUT2D eigenvalue weighted by Crippen LogP contribution is -2.44.